The Morgan fingerprint density at radius 2 is 1.23 bits per heavy atom. The van der Waals surface area contributed by atoms with Gasteiger partial charge >= 0.3 is 7.82 Å². The van der Waals surface area contributed by atoms with Gasteiger partial charge in [-0.1, -0.05) is 117 Å². The molecule has 0 aromatic heterocycles. The molecule has 0 aromatic rings. The first-order valence-corrected chi connectivity index (χ1v) is 17.9. The van der Waals surface area contributed by atoms with Crippen molar-refractivity contribution in [1.82, 2.24) is 5.32 Å². The van der Waals surface area contributed by atoms with Gasteiger partial charge in [-0.2, -0.15) is 0 Å². The Morgan fingerprint density at radius 3 is 1.70 bits per heavy atom. The second kappa shape index (κ2) is 26.2. The highest BCUT2D eigenvalue weighted by molar-refractivity contribution is 7.47. The molecule has 2 N–H and O–H groups in total. The first-order chi connectivity index (χ1) is 19.1. The molecule has 0 saturated heterocycles. The number of rotatable bonds is 30. The summed E-state index contributed by atoms with van der Waals surface area (Å²) in [6.45, 7) is 8.33. The molecule has 2 atom stereocenters. The van der Waals surface area contributed by atoms with Crippen molar-refractivity contribution in [3.8, 4) is 0 Å². The number of unbranched alkanes of at least 4 members (excludes halogenated alkanes) is 16. The molecule has 0 aliphatic rings. The highest BCUT2D eigenvalue weighted by Crippen LogP contribution is 2.44. The molecule has 0 aromatic carbocycles. The molecule has 1 amide bonds. The number of hydrogen-bond acceptors (Lipinski definition) is 5. The van der Waals surface area contributed by atoms with Crippen LogP contribution in [0, 0.1) is 0 Å². The van der Waals surface area contributed by atoms with Gasteiger partial charge in [0.15, 0.2) is 0 Å². The molecule has 0 bridgehead atoms. The van der Waals surface area contributed by atoms with Gasteiger partial charge in [0, 0.05) is 20.1 Å². The molecular weight excluding hydrogens is 527 g/mol. The molecule has 40 heavy (non-hydrogen) atoms. The summed E-state index contributed by atoms with van der Waals surface area (Å²) in [5, 5.41) is 2.65. The Bertz CT molecular complexity index is 635. The monoisotopic (exact) mass is 593 g/mol. The number of amides is 1. The summed E-state index contributed by atoms with van der Waals surface area (Å²) in [4.78, 5) is 21.6. The normalized spacial score (nSPS) is 14.2. The van der Waals surface area contributed by atoms with Crippen LogP contribution in [0.3, 0.4) is 0 Å². The quantitative estimate of drug-likeness (QED) is 0.0502. The number of phosphoric acid groups is 1. The van der Waals surface area contributed by atoms with Gasteiger partial charge in [0.25, 0.3) is 0 Å². The second-order valence-electron chi connectivity index (χ2n) is 12.1. The van der Waals surface area contributed by atoms with Crippen molar-refractivity contribution in [2.24, 2.45) is 0 Å². The molecule has 9 heteroatoms. The number of nitrogens with one attached hydrogen (secondary N) is 1. The highest BCUT2D eigenvalue weighted by Gasteiger charge is 2.28. The third kappa shape index (κ3) is 27.7. The highest BCUT2D eigenvalue weighted by atomic mass is 31.2. The third-order valence-corrected chi connectivity index (χ3v) is 8.45. The van der Waals surface area contributed by atoms with E-state index in [9.17, 15) is 14.3 Å². The van der Waals surface area contributed by atoms with E-state index in [4.69, 9.17) is 13.8 Å². The van der Waals surface area contributed by atoms with Crippen LogP contribution in [0.2, 0.25) is 0 Å². The molecule has 240 valence electrons. The number of quaternary nitrogens is 1. The van der Waals surface area contributed by atoms with E-state index < -0.39 is 13.9 Å². The van der Waals surface area contributed by atoms with Gasteiger partial charge < -0.3 is 19.4 Å². The first-order valence-electron chi connectivity index (χ1n) is 16.4. The minimum absolute atomic E-state index is 0.0975. The predicted molar refractivity (Wildman–Crippen MR) is 166 cm³/mol. The second-order valence-corrected chi connectivity index (χ2v) is 13.5. The van der Waals surface area contributed by atoms with E-state index in [1.165, 1.54) is 96.8 Å². The summed E-state index contributed by atoms with van der Waals surface area (Å²) in [5.41, 5.74) is 0. The molecular formula is C31H66N2O6P+. The van der Waals surface area contributed by atoms with E-state index in [-0.39, 0.29) is 25.7 Å². The average Bonchev–Trinajstić information content (AvgIpc) is 2.89. The standard InChI is InChI=1S/C31H65N2O6P/c1-6-8-10-11-12-13-14-15-16-17-18-19-20-21-22-23-26-37-29-31(28-32-30(3)34)39-40(35,36)38-27-25-33(4,5)24-9-7-2/h31H,6-29H2,1-5H3,(H-,32,34,35,36)/p+1. The van der Waals surface area contributed by atoms with Gasteiger partial charge in [0.1, 0.15) is 19.3 Å². The van der Waals surface area contributed by atoms with E-state index >= 15 is 0 Å². The minimum Gasteiger partial charge on any atom is -0.379 e. The van der Waals surface area contributed by atoms with Crippen LogP contribution in [0.4, 0.5) is 0 Å². The fraction of sp³-hybridized carbons (Fsp3) is 0.968. The van der Waals surface area contributed by atoms with Crippen molar-refractivity contribution in [2.75, 3.05) is 53.6 Å². The zero-order chi connectivity index (χ0) is 30.0. The van der Waals surface area contributed by atoms with Crippen molar-refractivity contribution in [3.05, 3.63) is 0 Å². The minimum atomic E-state index is -4.26. The smallest absolute Gasteiger partial charge is 0.379 e. The molecule has 2 unspecified atom stereocenters. The lowest BCUT2D eigenvalue weighted by molar-refractivity contribution is -0.890. The van der Waals surface area contributed by atoms with E-state index in [1.54, 1.807) is 0 Å². The maximum absolute atomic E-state index is 12.5. The zero-order valence-corrected chi connectivity index (χ0v) is 27.8. The Morgan fingerprint density at radius 1 is 0.750 bits per heavy atom. The van der Waals surface area contributed by atoms with Gasteiger partial charge in [-0.25, -0.2) is 4.57 Å². The van der Waals surface area contributed by atoms with E-state index in [0.29, 0.717) is 17.6 Å². The lowest BCUT2D eigenvalue weighted by atomic mass is 10.0. The fourth-order valence-electron chi connectivity index (χ4n) is 4.67. The van der Waals surface area contributed by atoms with E-state index in [2.05, 4.69) is 33.3 Å². The summed E-state index contributed by atoms with van der Waals surface area (Å²) in [6.07, 6.45) is 22.6. The van der Waals surface area contributed by atoms with Crippen LogP contribution in [0.5, 0.6) is 0 Å². The number of carbonyl (C=O) groups excluding carboxylic acids is 1. The van der Waals surface area contributed by atoms with Crippen molar-refractivity contribution in [2.45, 2.75) is 142 Å². The fourth-order valence-corrected chi connectivity index (χ4v) is 5.56. The number of likely N-dealkylation sites (N-methyl/N-ethyl adjacent to an activating group) is 1. The van der Waals surface area contributed by atoms with Crippen molar-refractivity contribution < 1.29 is 32.5 Å². The first kappa shape index (κ1) is 39.5. The van der Waals surface area contributed by atoms with Crippen LogP contribution >= 0.6 is 7.82 Å². The van der Waals surface area contributed by atoms with Gasteiger partial charge in [0.05, 0.1) is 27.2 Å². The lowest BCUT2D eigenvalue weighted by Gasteiger charge is -2.30. The molecule has 0 heterocycles. The SMILES string of the molecule is CCCCCCCCCCCCCCCCCCOCC(CNC(C)=O)OP(=O)(O)OCC[N+](C)(C)CCCC. The number of carbonyl (C=O) groups is 1. The Labute approximate surface area is 247 Å². The molecule has 0 fully saturated rings. The van der Waals surface area contributed by atoms with E-state index in [1.807, 2.05) is 0 Å². The van der Waals surface area contributed by atoms with Crippen LogP contribution in [0.15, 0.2) is 0 Å². The summed E-state index contributed by atoms with van der Waals surface area (Å²) >= 11 is 0. The molecule has 8 nitrogen and oxygen atoms in total. The van der Waals surface area contributed by atoms with Gasteiger partial charge in [-0.3, -0.25) is 13.8 Å². The van der Waals surface area contributed by atoms with Gasteiger partial charge in [-0.05, 0) is 12.8 Å². The maximum atomic E-state index is 12.5. The van der Waals surface area contributed by atoms with Crippen molar-refractivity contribution >= 4 is 13.7 Å². The molecule has 0 spiro atoms. The van der Waals surface area contributed by atoms with Crippen LogP contribution in [-0.2, 0) is 23.1 Å². The topological polar surface area (TPSA) is 94.1 Å². The predicted octanol–water partition coefficient (Wildman–Crippen LogP) is 7.78. The zero-order valence-electron chi connectivity index (χ0n) is 26.9. The van der Waals surface area contributed by atoms with Crippen LogP contribution in [0.25, 0.3) is 0 Å². The average molecular weight is 594 g/mol. The Kier molecular flexibility index (Phi) is 25.8. The largest absolute Gasteiger partial charge is 0.472 e. The summed E-state index contributed by atoms with van der Waals surface area (Å²) < 4.78 is 29.5. The molecule has 0 radical (unpaired) electrons. The molecule has 0 saturated carbocycles. The van der Waals surface area contributed by atoms with Crippen LogP contribution in [-0.4, -0.2) is 74.9 Å². The summed E-state index contributed by atoms with van der Waals surface area (Å²) in [6, 6.07) is 0. The lowest BCUT2D eigenvalue weighted by Crippen LogP contribution is -2.43. The Hall–Kier alpha value is -0.500. The maximum Gasteiger partial charge on any atom is 0.472 e. The van der Waals surface area contributed by atoms with Crippen LogP contribution in [0.1, 0.15) is 136 Å². The number of ether oxygens (including phenoxy) is 1. The molecule has 0 aliphatic carbocycles. The van der Waals surface area contributed by atoms with E-state index in [0.717, 1.165) is 32.2 Å². The molecule has 0 rings (SSSR count). The number of hydrogen-bond donors (Lipinski definition) is 2. The third-order valence-electron chi connectivity index (χ3n) is 7.37. The Balaban J connectivity index is 3.92. The molecule has 0 aliphatic heterocycles. The van der Waals surface area contributed by atoms with Crippen LogP contribution < -0.4 is 5.32 Å². The van der Waals surface area contributed by atoms with Gasteiger partial charge in [0.2, 0.25) is 5.91 Å². The number of phosphoric ester groups is 1. The number of nitrogens with zero attached hydrogens (tertiary/aromatic N) is 1. The van der Waals surface area contributed by atoms with Crippen molar-refractivity contribution in [3.63, 3.8) is 0 Å². The van der Waals surface area contributed by atoms with Crippen molar-refractivity contribution in [1.29, 1.82) is 0 Å². The summed E-state index contributed by atoms with van der Waals surface area (Å²) in [7, 11) is -0.100. The summed E-state index contributed by atoms with van der Waals surface area (Å²) in [5.74, 6) is -0.227. The van der Waals surface area contributed by atoms with Gasteiger partial charge in [-0.15, -0.1) is 0 Å².